The Morgan fingerprint density at radius 2 is 0.700 bits per heavy atom. The number of hydrogen-bond donors (Lipinski definition) is 0. The van der Waals surface area contributed by atoms with Gasteiger partial charge in [-0.1, -0.05) is 127 Å². The van der Waals surface area contributed by atoms with Gasteiger partial charge in [-0.15, -0.1) is 0 Å². The van der Waals surface area contributed by atoms with E-state index in [1.165, 1.54) is 111 Å². The zero-order valence-electron chi connectivity index (χ0n) is 32.4. The molecule has 0 bridgehead atoms. The number of hydrogen-bond acceptors (Lipinski definition) is 2. The zero-order chi connectivity index (χ0) is 38.8. The lowest BCUT2D eigenvalue weighted by atomic mass is 9.30. The van der Waals surface area contributed by atoms with Crippen molar-refractivity contribution in [2.24, 2.45) is 0 Å². The van der Waals surface area contributed by atoms with Gasteiger partial charge in [0, 0.05) is 67.0 Å². The Labute approximate surface area is 346 Å². The molecule has 0 radical (unpaired) electrons. The third-order valence-corrected chi connectivity index (χ3v) is 14.1. The summed E-state index contributed by atoms with van der Waals surface area (Å²) in [6, 6.07) is 72.9. The van der Waals surface area contributed by atoms with Gasteiger partial charge in [0.05, 0.1) is 22.1 Å². The lowest BCUT2D eigenvalue weighted by Gasteiger charge is -2.44. The Bertz CT molecular complexity index is 3460. The number of rotatable bonds is 2. The van der Waals surface area contributed by atoms with E-state index in [4.69, 9.17) is 0 Å². The van der Waals surface area contributed by atoms with E-state index in [0.29, 0.717) is 0 Å². The van der Waals surface area contributed by atoms with E-state index < -0.39 is 0 Å². The van der Waals surface area contributed by atoms with Gasteiger partial charge in [0.1, 0.15) is 0 Å². The maximum atomic E-state index is 2.62. The molecular formula is C54H32B2N4. The minimum Gasteiger partial charge on any atom is -0.311 e. The van der Waals surface area contributed by atoms with Gasteiger partial charge in [-0.05, 0) is 99.5 Å². The van der Waals surface area contributed by atoms with Crippen LogP contribution in [-0.4, -0.2) is 22.6 Å². The van der Waals surface area contributed by atoms with E-state index in [1.807, 2.05) is 0 Å². The lowest BCUT2D eigenvalue weighted by molar-refractivity contribution is 1.18. The van der Waals surface area contributed by atoms with E-state index in [0.717, 1.165) is 11.4 Å². The molecule has 60 heavy (non-hydrogen) atoms. The highest BCUT2D eigenvalue weighted by Crippen LogP contribution is 2.47. The molecule has 0 amide bonds. The SMILES string of the molecule is c1ccc(N2c3cc4c(cc3B3c5ccccc5-n5c6ccccc6c6ccc2c3c65)B2c3ccccc3-n3c5ccccc5c5ccc(c2c53)N4c2ccccc2)cc1. The highest BCUT2D eigenvalue weighted by Gasteiger charge is 2.47. The fourth-order valence-electron chi connectivity index (χ4n) is 11.9. The van der Waals surface area contributed by atoms with Crippen molar-refractivity contribution < 1.29 is 0 Å². The topological polar surface area (TPSA) is 16.3 Å². The number of aromatic nitrogens is 2. The summed E-state index contributed by atoms with van der Waals surface area (Å²) in [6.07, 6.45) is 0. The Kier molecular flexibility index (Phi) is 5.78. The van der Waals surface area contributed by atoms with Crippen molar-refractivity contribution in [3.05, 3.63) is 194 Å². The van der Waals surface area contributed by atoms with Crippen LogP contribution >= 0.6 is 0 Å². The minimum atomic E-state index is 0.0321. The second kappa shape index (κ2) is 11.1. The van der Waals surface area contributed by atoms with E-state index in [2.05, 4.69) is 213 Å². The Balaban J connectivity index is 1.12. The molecule has 0 fully saturated rings. The highest BCUT2D eigenvalue weighted by molar-refractivity contribution is 7.03. The number of anilines is 6. The molecule has 0 unspecified atom stereocenters. The molecule has 6 heterocycles. The van der Waals surface area contributed by atoms with Crippen molar-refractivity contribution >= 4 is 124 Å². The summed E-state index contributed by atoms with van der Waals surface area (Å²) in [4.78, 5) is 5.09. The summed E-state index contributed by atoms with van der Waals surface area (Å²) < 4.78 is 5.09. The molecule has 4 nitrogen and oxygen atoms in total. The van der Waals surface area contributed by atoms with Crippen LogP contribution in [0.5, 0.6) is 0 Å². The van der Waals surface area contributed by atoms with Crippen LogP contribution < -0.4 is 42.6 Å². The first kappa shape index (κ1) is 31.3. The first-order valence-electron chi connectivity index (χ1n) is 21.0. The molecule has 9 aromatic carbocycles. The van der Waals surface area contributed by atoms with Crippen LogP contribution in [0.25, 0.3) is 55.0 Å². The number of fused-ring (bicyclic) bond motifs is 16. The van der Waals surface area contributed by atoms with Gasteiger partial charge in [0.25, 0.3) is 13.4 Å². The quantitative estimate of drug-likeness (QED) is 0.164. The summed E-state index contributed by atoms with van der Waals surface area (Å²) >= 11 is 0. The number of para-hydroxylation sites is 6. The fraction of sp³-hybridized carbons (Fsp3) is 0. The first-order valence-corrected chi connectivity index (χ1v) is 21.0. The van der Waals surface area contributed by atoms with Gasteiger partial charge in [0.15, 0.2) is 0 Å². The second-order valence-electron chi connectivity index (χ2n) is 16.8. The molecule has 15 rings (SSSR count). The Morgan fingerprint density at radius 1 is 0.283 bits per heavy atom. The van der Waals surface area contributed by atoms with Crippen LogP contribution in [0.15, 0.2) is 194 Å². The van der Waals surface area contributed by atoms with Gasteiger partial charge < -0.3 is 18.9 Å². The summed E-state index contributed by atoms with van der Waals surface area (Å²) in [5, 5.41) is 5.20. The molecule has 4 aliphatic rings. The van der Waals surface area contributed by atoms with Crippen LogP contribution in [0.3, 0.4) is 0 Å². The largest absolute Gasteiger partial charge is 0.311 e. The lowest BCUT2D eigenvalue weighted by Crippen LogP contribution is -2.64. The summed E-state index contributed by atoms with van der Waals surface area (Å²) in [5.41, 5.74) is 23.0. The van der Waals surface area contributed by atoms with Gasteiger partial charge >= 0.3 is 0 Å². The molecule has 274 valence electrons. The average molecular weight is 759 g/mol. The predicted molar refractivity (Wildman–Crippen MR) is 254 cm³/mol. The maximum Gasteiger partial charge on any atom is 0.252 e. The fourth-order valence-corrected chi connectivity index (χ4v) is 11.9. The molecule has 2 aromatic heterocycles. The van der Waals surface area contributed by atoms with Gasteiger partial charge in [-0.2, -0.15) is 0 Å². The van der Waals surface area contributed by atoms with Crippen LogP contribution in [0.2, 0.25) is 0 Å². The Hall–Kier alpha value is -7.69. The van der Waals surface area contributed by atoms with E-state index in [9.17, 15) is 0 Å². The van der Waals surface area contributed by atoms with E-state index in [1.54, 1.807) is 0 Å². The molecule has 11 aromatic rings. The van der Waals surface area contributed by atoms with Crippen LogP contribution in [0.1, 0.15) is 0 Å². The molecule has 0 saturated carbocycles. The van der Waals surface area contributed by atoms with Crippen molar-refractivity contribution in [1.82, 2.24) is 9.13 Å². The average Bonchev–Trinajstić information content (AvgIpc) is 3.84. The number of nitrogens with zero attached hydrogens (tertiary/aromatic N) is 4. The molecular weight excluding hydrogens is 726 g/mol. The Morgan fingerprint density at radius 3 is 1.18 bits per heavy atom. The van der Waals surface area contributed by atoms with Crippen LogP contribution in [0, 0.1) is 0 Å². The van der Waals surface area contributed by atoms with Crippen molar-refractivity contribution in [3.8, 4) is 11.4 Å². The third-order valence-electron chi connectivity index (χ3n) is 14.1. The standard InChI is InChI=1S/C54H32B2N4/c1-3-15-33(16-4-1)57-47-29-27-37-35-19-7-11-23-43(35)59-45-25-13-9-21-39(45)55(51(47)53(37)59)41-31-42-50(32-49(41)57)58(34-17-5-2-6-18-34)48-30-28-38-36-20-8-12-24-44(36)60-46-26-14-10-22-40(46)56(42)52(48)54(38)60/h1-32H. The van der Waals surface area contributed by atoms with Crippen molar-refractivity contribution in [2.75, 3.05) is 9.80 Å². The maximum absolute atomic E-state index is 2.62. The minimum absolute atomic E-state index is 0.0321. The summed E-state index contributed by atoms with van der Waals surface area (Å²) in [7, 11) is 0. The summed E-state index contributed by atoms with van der Waals surface area (Å²) in [6.45, 7) is 0.0641. The first-order chi connectivity index (χ1) is 29.8. The molecule has 6 heteroatoms. The van der Waals surface area contributed by atoms with E-state index in [-0.39, 0.29) is 13.4 Å². The predicted octanol–water partition coefficient (Wildman–Crippen LogP) is 9.11. The highest BCUT2D eigenvalue weighted by atomic mass is 15.2. The zero-order valence-corrected chi connectivity index (χ0v) is 32.4. The third kappa shape index (κ3) is 3.68. The van der Waals surface area contributed by atoms with Crippen LogP contribution in [0.4, 0.5) is 34.1 Å². The molecule has 0 spiro atoms. The smallest absolute Gasteiger partial charge is 0.252 e. The number of benzene rings is 9. The van der Waals surface area contributed by atoms with E-state index >= 15 is 0 Å². The molecule has 0 saturated heterocycles. The normalized spacial score (nSPS) is 13.9. The van der Waals surface area contributed by atoms with Gasteiger partial charge in [-0.25, -0.2) is 0 Å². The molecule has 4 aliphatic heterocycles. The molecule has 0 atom stereocenters. The monoisotopic (exact) mass is 758 g/mol. The van der Waals surface area contributed by atoms with Crippen LogP contribution in [-0.2, 0) is 0 Å². The van der Waals surface area contributed by atoms with Gasteiger partial charge in [0.2, 0.25) is 0 Å². The molecule has 0 aliphatic carbocycles. The second-order valence-corrected chi connectivity index (χ2v) is 16.8. The van der Waals surface area contributed by atoms with Crippen molar-refractivity contribution in [2.45, 2.75) is 0 Å². The molecule has 0 N–H and O–H groups in total. The van der Waals surface area contributed by atoms with Gasteiger partial charge in [-0.3, -0.25) is 0 Å². The van der Waals surface area contributed by atoms with Crippen molar-refractivity contribution in [3.63, 3.8) is 0 Å². The van der Waals surface area contributed by atoms with Crippen molar-refractivity contribution in [1.29, 1.82) is 0 Å². The summed E-state index contributed by atoms with van der Waals surface area (Å²) in [5.74, 6) is 0.